The Morgan fingerprint density at radius 2 is 2.00 bits per heavy atom. The molecule has 0 aliphatic carbocycles. The summed E-state index contributed by atoms with van der Waals surface area (Å²) in [7, 11) is 0. The quantitative estimate of drug-likeness (QED) is 0.308. The number of nitrogens with zero attached hydrogens (tertiary/aromatic N) is 1. The van der Waals surface area contributed by atoms with Crippen LogP contribution in [-0.2, 0) is 14.4 Å². The molecule has 5 nitrogen and oxygen atoms in total. The number of carbonyl (C=O) groups excluding carboxylic acids is 3. The van der Waals surface area contributed by atoms with Crippen LogP contribution in [0, 0.1) is 0 Å². The van der Waals surface area contributed by atoms with E-state index >= 15 is 0 Å². The number of amides is 3. The zero-order valence-electron chi connectivity index (χ0n) is 4.25. The van der Waals surface area contributed by atoms with E-state index in [1.807, 2.05) is 0 Å². The molecule has 1 N–H and O–H groups in total. The molecule has 5 heteroatoms. The molecule has 1 aliphatic heterocycles. The first-order valence-electron chi connectivity index (χ1n) is 2.13. The Balaban J connectivity index is 2.89. The predicted molar refractivity (Wildman–Crippen MR) is 26.6 cm³/mol. The summed E-state index contributed by atoms with van der Waals surface area (Å²) in [6.07, 6.45) is 0.768. The van der Waals surface area contributed by atoms with Crippen LogP contribution in [0.2, 0.25) is 0 Å². The van der Waals surface area contributed by atoms with Gasteiger partial charge in [0.15, 0.2) is 0 Å². The van der Waals surface area contributed by atoms with Gasteiger partial charge in [-0.15, -0.1) is 0 Å². The summed E-state index contributed by atoms with van der Waals surface area (Å²) in [5.41, 5.74) is 0. The largest absolute Gasteiger partial charge is 0.335 e. The molecule has 9 heavy (non-hydrogen) atoms. The smallest absolute Gasteiger partial charge is 0.283 e. The molecule has 0 fully saturated rings. The predicted octanol–water partition coefficient (Wildman–Crippen LogP) is -1.76. The number of nitrogens with one attached hydrogen (secondary N) is 1. The molecular formula is C4H2N2O3. The molecule has 1 rings (SSSR count). The van der Waals surface area contributed by atoms with Crippen LogP contribution in [0.15, 0.2) is 4.99 Å². The summed E-state index contributed by atoms with van der Waals surface area (Å²) < 4.78 is 0. The molecule has 0 atom stereocenters. The molecule has 0 radical (unpaired) electrons. The van der Waals surface area contributed by atoms with Crippen LogP contribution >= 0.6 is 0 Å². The van der Waals surface area contributed by atoms with Crippen LogP contribution in [0.3, 0.4) is 0 Å². The topological polar surface area (TPSA) is 75.6 Å². The van der Waals surface area contributed by atoms with Crippen molar-refractivity contribution in [3.8, 4) is 0 Å². The number of hydrogen-bond acceptors (Lipinski definition) is 3. The van der Waals surface area contributed by atoms with Crippen molar-refractivity contribution in [2.24, 2.45) is 4.99 Å². The van der Waals surface area contributed by atoms with Gasteiger partial charge in [0, 0.05) is 0 Å². The van der Waals surface area contributed by atoms with Crippen molar-refractivity contribution in [2.75, 3.05) is 0 Å². The van der Waals surface area contributed by atoms with Crippen LogP contribution in [-0.4, -0.2) is 23.9 Å². The van der Waals surface area contributed by atoms with Crippen molar-refractivity contribution >= 4 is 23.9 Å². The lowest BCUT2D eigenvalue weighted by molar-refractivity contribution is -0.140. The van der Waals surface area contributed by atoms with Crippen molar-refractivity contribution in [1.29, 1.82) is 0 Å². The second-order valence-corrected chi connectivity index (χ2v) is 1.38. The van der Waals surface area contributed by atoms with Crippen LogP contribution in [0.1, 0.15) is 0 Å². The lowest BCUT2D eigenvalue weighted by Crippen LogP contribution is -2.39. The number of hydrogen-bond donors (Lipinski definition) is 1. The van der Waals surface area contributed by atoms with E-state index < -0.39 is 17.7 Å². The zero-order valence-corrected chi connectivity index (χ0v) is 4.25. The summed E-state index contributed by atoms with van der Waals surface area (Å²) in [4.78, 5) is 33.5. The number of carbonyl (C=O) groups is 3. The molecule has 0 saturated carbocycles. The Hall–Kier alpha value is -1.52. The Bertz CT molecular complexity index is 218. The third kappa shape index (κ3) is 0.987. The summed E-state index contributed by atoms with van der Waals surface area (Å²) in [5.74, 6) is -2.56. The maximum absolute atomic E-state index is 10.2. The van der Waals surface area contributed by atoms with E-state index in [9.17, 15) is 14.4 Å². The van der Waals surface area contributed by atoms with Gasteiger partial charge < -0.3 is 0 Å². The molecular weight excluding hydrogens is 124 g/mol. The summed E-state index contributed by atoms with van der Waals surface area (Å²) >= 11 is 0. The fourth-order valence-corrected chi connectivity index (χ4v) is 0.374. The van der Waals surface area contributed by atoms with E-state index in [4.69, 9.17) is 0 Å². The van der Waals surface area contributed by atoms with Gasteiger partial charge in [0.2, 0.25) is 0 Å². The first kappa shape index (κ1) is 5.61. The minimum atomic E-state index is -0.970. The van der Waals surface area contributed by atoms with Crippen LogP contribution in [0.4, 0.5) is 0 Å². The van der Waals surface area contributed by atoms with Crippen molar-refractivity contribution in [1.82, 2.24) is 5.32 Å². The molecule has 0 spiro atoms. The minimum absolute atomic E-state index is 0.653. The van der Waals surface area contributed by atoms with Gasteiger partial charge in [-0.25, -0.2) is 4.99 Å². The van der Waals surface area contributed by atoms with Gasteiger partial charge in [0.25, 0.3) is 5.91 Å². The summed E-state index contributed by atoms with van der Waals surface area (Å²) in [6.45, 7) is 0. The van der Waals surface area contributed by atoms with Gasteiger partial charge in [-0.3, -0.25) is 19.7 Å². The standard InChI is InChI=1S/C4H2N2O3/c7-2-1-5-3(8)4(9)6-2/h1H,(H,6,7,9). The molecule has 0 aromatic rings. The van der Waals surface area contributed by atoms with Crippen molar-refractivity contribution in [3.63, 3.8) is 0 Å². The zero-order chi connectivity index (χ0) is 6.85. The SMILES string of the molecule is O=C1C=NC(=O)C(=O)N1. The van der Waals surface area contributed by atoms with E-state index in [0.717, 1.165) is 6.21 Å². The van der Waals surface area contributed by atoms with Crippen LogP contribution < -0.4 is 5.32 Å². The lowest BCUT2D eigenvalue weighted by atomic mass is 10.4. The highest BCUT2D eigenvalue weighted by atomic mass is 16.2. The summed E-state index contributed by atoms with van der Waals surface area (Å²) in [5, 5.41) is 1.75. The van der Waals surface area contributed by atoms with Crippen molar-refractivity contribution in [2.45, 2.75) is 0 Å². The third-order valence-corrected chi connectivity index (χ3v) is 0.730. The van der Waals surface area contributed by atoms with E-state index in [0.29, 0.717) is 0 Å². The highest BCUT2D eigenvalue weighted by Gasteiger charge is 2.18. The first-order chi connectivity index (χ1) is 4.20. The molecule has 1 aliphatic rings. The minimum Gasteiger partial charge on any atom is -0.283 e. The molecule has 0 aromatic heterocycles. The van der Waals surface area contributed by atoms with Crippen LogP contribution in [0.5, 0.6) is 0 Å². The first-order valence-corrected chi connectivity index (χ1v) is 2.13. The lowest BCUT2D eigenvalue weighted by Gasteiger charge is -1.99. The molecule has 0 saturated heterocycles. The normalized spacial score (nSPS) is 18.0. The molecule has 1 heterocycles. The number of imide groups is 1. The molecule has 0 unspecified atom stereocenters. The van der Waals surface area contributed by atoms with E-state index in [1.165, 1.54) is 0 Å². The van der Waals surface area contributed by atoms with Crippen LogP contribution in [0.25, 0.3) is 0 Å². The molecule has 46 valence electrons. The van der Waals surface area contributed by atoms with Gasteiger partial charge in [-0.2, -0.15) is 0 Å². The van der Waals surface area contributed by atoms with Gasteiger partial charge in [0.1, 0.15) is 0 Å². The highest BCUT2D eigenvalue weighted by Crippen LogP contribution is 1.80. The monoisotopic (exact) mass is 126 g/mol. The molecule has 0 bridgehead atoms. The maximum atomic E-state index is 10.2. The van der Waals surface area contributed by atoms with Crippen molar-refractivity contribution in [3.05, 3.63) is 0 Å². The van der Waals surface area contributed by atoms with Gasteiger partial charge in [-0.05, 0) is 0 Å². The van der Waals surface area contributed by atoms with Gasteiger partial charge >= 0.3 is 11.8 Å². The number of rotatable bonds is 0. The Morgan fingerprint density at radius 3 is 2.44 bits per heavy atom. The third-order valence-electron chi connectivity index (χ3n) is 0.730. The Kier molecular flexibility index (Phi) is 1.11. The second kappa shape index (κ2) is 1.77. The maximum Gasteiger partial charge on any atom is 0.335 e. The van der Waals surface area contributed by atoms with E-state index in [2.05, 4.69) is 4.99 Å². The fourth-order valence-electron chi connectivity index (χ4n) is 0.374. The Morgan fingerprint density at radius 1 is 1.33 bits per heavy atom. The molecule has 0 aromatic carbocycles. The van der Waals surface area contributed by atoms with E-state index in [1.54, 1.807) is 5.32 Å². The fraction of sp³-hybridized carbons (Fsp3) is 0. The Labute approximate surface area is 49.8 Å². The van der Waals surface area contributed by atoms with E-state index in [-0.39, 0.29) is 0 Å². The molecule has 3 amide bonds. The summed E-state index contributed by atoms with van der Waals surface area (Å²) in [6, 6.07) is 0. The van der Waals surface area contributed by atoms with Gasteiger partial charge in [-0.1, -0.05) is 0 Å². The van der Waals surface area contributed by atoms with Crippen molar-refractivity contribution < 1.29 is 14.4 Å². The average molecular weight is 126 g/mol. The second-order valence-electron chi connectivity index (χ2n) is 1.38. The van der Waals surface area contributed by atoms with Gasteiger partial charge in [0.05, 0.1) is 6.21 Å². The number of aliphatic imine (C=N–C) groups is 1. The highest BCUT2D eigenvalue weighted by molar-refractivity contribution is 6.49. The average Bonchev–Trinajstić information content (AvgIpc) is 1.80.